The van der Waals surface area contributed by atoms with Crippen LogP contribution < -0.4 is 0 Å². The lowest BCUT2D eigenvalue weighted by atomic mass is 10.1. The maximum atomic E-state index is 5.60. The second-order valence-corrected chi connectivity index (χ2v) is 4.81. The van der Waals surface area contributed by atoms with Crippen molar-refractivity contribution in [3.8, 4) is 0 Å². The summed E-state index contributed by atoms with van der Waals surface area (Å²) in [7, 11) is 1.53. The summed E-state index contributed by atoms with van der Waals surface area (Å²) in [6, 6.07) is 0. The number of ether oxygens (including phenoxy) is 1. The lowest BCUT2D eigenvalue weighted by Gasteiger charge is -2.25. The van der Waals surface area contributed by atoms with E-state index in [4.69, 9.17) is 39.5 Å². The van der Waals surface area contributed by atoms with Gasteiger partial charge >= 0.3 is 0 Å². The van der Waals surface area contributed by atoms with Crippen LogP contribution in [-0.2, 0) is 4.74 Å². The van der Waals surface area contributed by atoms with Crippen LogP contribution in [0.1, 0.15) is 13.8 Å². The van der Waals surface area contributed by atoms with Crippen molar-refractivity contribution in [2.75, 3.05) is 7.11 Å². The molecule has 0 aliphatic rings. The van der Waals surface area contributed by atoms with E-state index in [1.165, 1.54) is 7.11 Å². The van der Waals surface area contributed by atoms with Crippen LogP contribution in [0.3, 0.4) is 0 Å². The minimum Gasteiger partial charge on any atom is -0.377 e. The van der Waals surface area contributed by atoms with Gasteiger partial charge in [0.15, 0.2) is 0 Å². The first-order valence-electron chi connectivity index (χ1n) is 2.99. The average molecular weight is 206 g/mol. The van der Waals surface area contributed by atoms with Gasteiger partial charge in [0.2, 0.25) is 3.79 Å². The van der Waals surface area contributed by atoms with Crippen LogP contribution in [0.15, 0.2) is 0 Å². The smallest absolute Gasteiger partial charge is 0.216 e. The largest absolute Gasteiger partial charge is 0.377 e. The topological polar surface area (TPSA) is 9.23 Å². The summed E-state index contributed by atoms with van der Waals surface area (Å²) < 4.78 is 3.66. The van der Waals surface area contributed by atoms with Gasteiger partial charge in [0, 0.05) is 7.11 Å². The molecule has 0 aromatic rings. The van der Waals surface area contributed by atoms with E-state index in [9.17, 15) is 0 Å². The Morgan fingerprint density at radius 1 is 1.20 bits per heavy atom. The first kappa shape index (κ1) is 10.8. The van der Waals surface area contributed by atoms with E-state index in [1.54, 1.807) is 0 Å². The number of hydrogen-bond acceptors (Lipinski definition) is 1. The van der Waals surface area contributed by atoms with Gasteiger partial charge in [0.25, 0.3) is 0 Å². The molecule has 0 aliphatic carbocycles. The Morgan fingerprint density at radius 3 is 1.60 bits per heavy atom. The van der Waals surface area contributed by atoms with Crippen molar-refractivity contribution in [3.05, 3.63) is 0 Å². The summed E-state index contributed by atoms with van der Waals surface area (Å²) in [5.74, 6) is 0.206. The number of rotatable bonds is 2. The molecule has 0 aliphatic heterocycles. The van der Waals surface area contributed by atoms with Crippen LogP contribution >= 0.6 is 34.8 Å². The molecule has 0 fully saturated rings. The summed E-state index contributed by atoms with van der Waals surface area (Å²) >= 11 is 16.8. The fraction of sp³-hybridized carbons (Fsp3) is 1.00. The van der Waals surface area contributed by atoms with Gasteiger partial charge in [-0.1, -0.05) is 48.7 Å². The summed E-state index contributed by atoms with van der Waals surface area (Å²) in [6.45, 7) is 3.88. The molecule has 0 saturated carbocycles. The standard InChI is InChI=1S/C6H11Cl3O/c1-4(2)5(10-3)6(7,8)9/h4-5H,1-3H3. The van der Waals surface area contributed by atoms with Crippen molar-refractivity contribution >= 4 is 34.8 Å². The molecule has 62 valence electrons. The highest BCUT2D eigenvalue weighted by Gasteiger charge is 2.34. The Morgan fingerprint density at radius 2 is 1.60 bits per heavy atom. The molecule has 0 aromatic carbocycles. The zero-order valence-corrected chi connectivity index (χ0v) is 8.46. The predicted molar refractivity (Wildman–Crippen MR) is 45.9 cm³/mol. The zero-order valence-electron chi connectivity index (χ0n) is 6.20. The zero-order chi connectivity index (χ0) is 8.36. The minimum absolute atomic E-state index is 0.206. The number of methoxy groups -OCH3 is 1. The molecule has 0 amide bonds. The molecule has 0 aromatic heterocycles. The van der Waals surface area contributed by atoms with E-state index >= 15 is 0 Å². The van der Waals surface area contributed by atoms with Crippen LogP contribution in [0, 0.1) is 5.92 Å². The fourth-order valence-electron chi connectivity index (χ4n) is 0.784. The van der Waals surface area contributed by atoms with E-state index in [0.717, 1.165) is 0 Å². The Bertz CT molecular complexity index is 97.7. The minimum atomic E-state index is -1.32. The highest BCUT2D eigenvalue weighted by Crippen LogP contribution is 2.35. The number of hydrogen-bond donors (Lipinski definition) is 0. The third-order valence-corrected chi connectivity index (χ3v) is 1.83. The van der Waals surface area contributed by atoms with Crippen LogP contribution in [0.5, 0.6) is 0 Å². The Balaban J connectivity index is 4.07. The molecule has 1 unspecified atom stereocenters. The maximum Gasteiger partial charge on any atom is 0.216 e. The molecule has 1 nitrogen and oxygen atoms in total. The van der Waals surface area contributed by atoms with Crippen molar-refractivity contribution in [1.29, 1.82) is 0 Å². The van der Waals surface area contributed by atoms with Gasteiger partial charge in [0.05, 0.1) is 0 Å². The monoisotopic (exact) mass is 204 g/mol. The maximum absolute atomic E-state index is 5.60. The Kier molecular flexibility index (Phi) is 4.34. The average Bonchev–Trinajstić information content (AvgIpc) is 1.60. The van der Waals surface area contributed by atoms with Gasteiger partial charge in [-0.15, -0.1) is 0 Å². The third kappa shape index (κ3) is 3.29. The highest BCUT2D eigenvalue weighted by atomic mass is 35.6. The normalized spacial score (nSPS) is 15.9. The second-order valence-electron chi connectivity index (χ2n) is 2.44. The Hall–Kier alpha value is 0.830. The highest BCUT2D eigenvalue weighted by molar-refractivity contribution is 6.68. The van der Waals surface area contributed by atoms with E-state index in [2.05, 4.69) is 0 Å². The molecule has 4 heteroatoms. The molecule has 1 atom stereocenters. The summed E-state index contributed by atoms with van der Waals surface area (Å²) in [5, 5.41) is 0. The molecule has 0 rings (SSSR count). The fourth-order valence-corrected chi connectivity index (χ4v) is 1.81. The molecule has 0 saturated heterocycles. The van der Waals surface area contributed by atoms with Gasteiger partial charge in [-0.05, 0) is 5.92 Å². The van der Waals surface area contributed by atoms with Gasteiger partial charge < -0.3 is 4.74 Å². The van der Waals surface area contributed by atoms with Crippen molar-refractivity contribution in [2.45, 2.75) is 23.7 Å². The first-order valence-corrected chi connectivity index (χ1v) is 4.12. The van der Waals surface area contributed by atoms with Crippen molar-refractivity contribution < 1.29 is 4.74 Å². The van der Waals surface area contributed by atoms with Crippen LogP contribution in [0.25, 0.3) is 0 Å². The van der Waals surface area contributed by atoms with Crippen LogP contribution in [0.4, 0.5) is 0 Å². The Labute approximate surface area is 76.6 Å². The van der Waals surface area contributed by atoms with E-state index < -0.39 is 3.79 Å². The molecule has 0 spiro atoms. The molecule has 10 heavy (non-hydrogen) atoms. The van der Waals surface area contributed by atoms with Gasteiger partial charge in [0.1, 0.15) is 6.10 Å². The number of alkyl halides is 3. The lowest BCUT2D eigenvalue weighted by Crippen LogP contribution is -2.32. The molecule has 0 N–H and O–H groups in total. The quantitative estimate of drug-likeness (QED) is 0.630. The van der Waals surface area contributed by atoms with Gasteiger partial charge in [-0.2, -0.15) is 0 Å². The van der Waals surface area contributed by atoms with Crippen molar-refractivity contribution in [3.63, 3.8) is 0 Å². The summed E-state index contributed by atoms with van der Waals surface area (Å²) in [6.07, 6.45) is -0.336. The second kappa shape index (κ2) is 4.01. The molecule has 0 heterocycles. The van der Waals surface area contributed by atoms with Crippen molar-refractivity contribution in [1.82, 2.24) is 0 Å². The van der Waals surface area contributed by atoms with Crippen molar-refractivity contribution in [2.24, 2.45) is 5.92 Å². The summed E-state index contributed by atoms with van der Waals surface area (Å²) in [5.41, 5.74) is 0. The molecule has 0 bridgehead atoms. The molecular formula is C6H11Cl3O. The predicted octanol–water partition coefficient (Wildman–Crippen LogP) is 3.03. The van der Waals surface area contributed by atoms with Crippen LogP contribution in [0.2, 0.25) is 0 Å². The third-order valence-electron chi connectivity index (χ3n) is 1.18. The van der Waals surface area contributed by atoms with Gasteiger partial charge in [-0.25, -0.2) is 0 Å². The SMILES string of the molecule is COC(C(C)C)C(Cl)(Cl)Cl. The van der Waals surface area contributed by atoms with Gasteiger partial charge in [-0.3, -0.25) is 0 Å². The van der Waals surface area contributed by atoms with E-state index in [-0.39, 0.29) is 12.0 Å². The first-order chi connectivity index (χ1) is 4.39. The lowest BCUT2D eigenvalue weighted by molar-refractivity contribution is 0.0682. The molecule has 0 radical (unpaired) electrons. The van der Waals surface area contributed by atoms with E-state index in [1.807, 2.05) is 13.8 Å². The van der Waals surface area contributed by atoms with E-state index in [0.29, 0.717) is 0 Å². The molecular weight excluding hydrogens is 194 g/mol. The van der Waals surface area contributed by atoms with Crippen LogP contribution in [-0.4, -0.2) is 17.0 Å². The summed E-state index contributed by atoms with van der Waals surface area (Å²) in [4.78, 5) is 0. The number of halogens is 3.